The third kappa shape index (κ3) is 3.34. The molecule has 1 atom stereocenters. The number of aromatic hydroxyl groups is 1. The number of carbonyl (C=O) groups excluding carboxylic acids is 1. The molecule has 2 aromatic heterocycles. The maximum atomic E-state index is 12.9. The van der Waals surface area contributed by atoms with Gasteiger partial charge in [-0.2, -0.15) is 5.26 Å². The van der Waals surface area contributed by atoms with E-state index >= 15 is 0 Å². The average Bonchev–Trinajstić information content (AvgIpc) is 3.05. The number of fused-ring (bicyclic) bond motifs is 1. The zero-order valence-corrected chi connectivity index (χ0v) is 15.6. The number of benzene rings is 1. The van der Waals surface area contributed by atoms with Gasteiger partial charge < -0.3 is 15.0 Å². The van der Waals surface area contributed by atoms with Crippen LogP contribution in [0.15, 0.2) is 47.5 Å². The average molecular weight is 387 g/mol. The molecule has 0 fully saturated rings. The number of aromatic amines is 1. The lowest BCUT2D eigenvalue weighted by molar-refractivity contribution is -0.118. The minimum Gasteiger partial charge on any atom is -0.505 e. The topological polar surface area (TPSA) is 123 Å². The molecular formula is C21H17N5O3. The highest BCUT2D eigenvalue weighted by Gasteiger charge is 2.30. The van der Waals surface area contributed by atoms with Crippen LogP contribution in [0.5, 0.6) is 5.75 Å². The molecule has 8 nitrogen and oxygen atoms in total. The number of nitrogens with one attached hydrogen (secondary N) is 1. The fourth-order valence-corrected chi connectivity index (χ4v) is 3.56. The second-order valence-corrected chi connectivity index (χ2v) is 6.91. The number of amides is 1. The molecule has 8 heteroatoms. The molecule has 4 rings (SSSR count). The van der Waals surface area contributed by atoms with Crippen LogP contribution < -0.4 is 10.5 Å². The standard InChI is InChI=1S/C21H17N5O3/c1-12-6-14-4-2-3-5-16(14)26(12)18(28)8-15-11-24-20(25-21(15)29)19-17(27)7-13(9-22)10-23-19/h2-5,7,10-12,27H,6,8H2,1H3,(H,24,25,29). The summed E-state index contributed by atoms with van der Waals surface area (Å²) in [5, 5.41) is 18.9. The molecule has 0 aliphatic carbocycles. The molecule has 1 aliphatic rings. The summed E-state index contributed by atoms with van der Waals surface area (Å²) < 4.78 is 0. The number of pyridine rings is 1. The van der Waals surface area contributed by atoms with Crippen LogP contribution >= 0.6 is 0 Å². The minimum atomic E-state index is -0.478. The van der Waals surface area contributed by atoms with E-state index < -0.39 is 5.56 Å². The SMILES string of the molecule is CC1Cc2ccccc2N1C(=O)Cc1cnc(-c2ncc(C#N)cc2O)[nH]c1=O. The second-order valence-electron chi connectivity index (χ2n) is 6.91. The zero-order chi connectivity index (χ0) is 20.5. The van der Waals surface area contributed by atoms with Crippen molar-refractivity contribution in [1.82, 2.24) is 15.0 Å². The highest BCUT2D eigenvalue weighted by Crippen LogP contribution is 2.32. The predicted octanol–water partition coefficient (Wildman–Crippen LogP) is 1.93. The third-order valence-corrected chi connectivity index (χ3v) is 4.91. The van der Waals surface area contributed by atoms with E-state index in [0.29, 0.717) is 0 Å². The highest BCUT2D eigenvalue weighted by atomic mass is 16.3. The maximum Gasteiger partial charge on any atom is 0.254 e. The van der Waals surface area contributed by atoms with Crippen molar-refractivity contribution in [1.29, 1.82) is 5.26 Å². The lowest BCUT2D eigenvalue weighted by Gasteiger charge is -2.22. The highest BCUT2D eigenvalue weighted by molar-refractivity contribution is 5.97. The van der Waals surface area contributed by atoms with Crippen molar-refractivity contribution in [3.05, 3.63) is 69.8 Å². The van der Waals surface area contributed by atoms with Crippen LogP contribution in [0.2, 0.25) is 0 Å². The van der Waals surface area contributed by atoms with Crippen LogP contribution in [-0.4, -0.2) is 32.0 Å². The summed E-state index contributed by atoms with van der Waals surface area (Å²) in [6, 6.07) is 10.9. The summed E-state index contributed by atoms with van der Waals surface area (Å²) in [7, 11) is 0. The molecule has 29 heavy (non-hydrogen) atoms. The molecule has 1 amide bonds. The van der Waals surface area contributed by atoms with E-state index in [9.17, 15) is 14.7 Å². The van der Waals surface area contributed by atoms with Crippen molar-refractivity contribution < 1.29 is 9.90 Å². The van der Waals surface area contributed by atoms with Gasteiger partial charge in [0.25, 0.3) is 5.56 Å². The Bertz CT molecular complexity index is 1210. The molecular weight excluding hydrogens is 370 g/mol. The number of rotatable bonds is 3. The Morgan fingerprint density at radius 2 is 2.14 bits per heavy atom. The van der Waals surface area contributed by atoms with Crippen molar-refractivity contribution in [2.75, 3.05) is 4.90 Å². The first kappa shape index (κ1) is 18.4. The molecule has 2 N–H and O–H groups in total. The number of hydrogen-bond acceptors (Lipinski definition) is 6. The predicted molar refractivity (Wildman–Crippen MR) is 105 cm³/mol. The van der Waals surface area contributed by atoms with Crippen molar-refractivity contribution in [3.63, 3.8) is 0 Å². The van der Waals surface area contributed by atoms with Gasteiger partial charge in [-0.25, -0.2) is 9.97 Å². The molecule has 0 saturated heterocycles. The smallest absolute Gasteiger partial charge is 0.254 e. The van der Waals surface area contributed by atoms with E-state index in [2.05, 4.69) is 15.0 Å². The fourth-order valence-electron chi connectivity index (χ4n) is 3.56. The molecule has 0 bridgehead atoms. The number of anilines is 1. The van der Waals surface area contributed by atoms with Crippen LogP contribution in [0, 0.1) is 11.3 Å². The van der Waals surface area contributed by atoms with Crippen LogP contribution in [0.4, 0.5) is 5.69 Å². The molecule has 3 aromatic rings. The Balaban J connectivity index is 1.59. The maximum absolute atomic E-state index is 12.9. The lowest BCUT2D eigenvalue weighted by atomic mass is 10.1. The van der Waals surface area contributed by atoms with Crippen LogP contribution in [0.3, 0.4) is 0 Å². The first-order chi connectivity index (χ1) is 14.0. The van der Waals surface area contributed by atoms with E-state index in [0.717, 1.165) is 17.7 Å². The molecule has 1 unspecified atom stereocenters. The van der Waals surface area contributed by atoms with Gasteiger partial charge in [-0.15, -0.1) is 0 Å². The van der Waals surface area contributed by atoms with Crippen LogP contribution in [-0.2, 0) is 17.6 Å². The fraction of sp³-hybridized carbons (Fsp3) is 0.190. The molecule has 3 heterocycles. The van der Waals surface area contributed by atoms with Gasteiger partial charge in [-0.1, -0.05) is 18.2 Å². The number of aromatic nitrogens is 3. The summed E-state index contributed by atoms with van der Waals surface area (Å²) in [5.74, 6) is -0.381. The van der Waals surface area contributed by atoms with Gasteiger partial charge in [-0.05, 0) is 25.0 Å². The lowest BCUT2D eigenvalue weighted by Crippen LogP contribution is -2.37. The van der Waals surface area contributed by atoms with E-state index in [4.69, 9.17) is 5.26 Å². The first-order valence-corrected chi connectivity index (χ1v) is 9.05. The summed E-state index contributed by atoms with van der Waals surface area (Å²) in [6.45, 7) is 1.98. The van der Waals surface area contributed by atoms with Crippen molar-refractivity contribution >= 4 is 11.6 Å². The van der Waals surface area contributed by atoms with Gasteiger partial charge in [0, 0.05) is 35.8 Å². The Morgan fingerprint density at radius 1 is 1.34 bits per heavy atom. The molecule has 1 aromatic carbocycles. The first-order valence-electron chi connectivity index (χ1n) is 9.05. The normalized spacial score (nSPS) is 15.0. The summed E-state index contributed by atoms with van der Waals surface area (Å²) in [4.78, 5) is 37.8. The number of para-hydroxylation sites is 1. The summed E-state index contributed by atoms with van der Waals surface area (Å²) in [5.41, 5.74) is 1.98. The largest absolute Gasteiger partial charge is 0.505 e. The van der Waals surface area contributed by atoms with Gasteiger partial charge in [0.15, 0.2) is 5.82 Å². The van der Waals surface area contributed by atoms with E-state index in [-0.39, 0.29) is 46.8 Å². The monoisotopic (exact) mass is 387 g/mol. The zero-order valence-electron chi connectivity index (χ0n) is 15.6. The Hall–Kier alpha value is -3.99. The van der Waals surface area contributed by atoms with Crippen LogP contribution in [0.25, 0.3) is 11.5 Å². The summed E-state index contributed by atoms with van der Waals surface area (Å²) >= 11 is 0. The number of nitrogens with zero attached hydrogens (tertiary/aromatic N) is 4. The molecule has 144 valence electrons. The van der Waals surface area contributed by atoms with Crippen molar-refractivity contribution in [3.8, 4) is 23.3 Å². The van der Waals surface area contributed by atoms with Crippen molar-refractivity contribution in [2.24, 2.45) is 0 Å². The van der Waals surface area contributed by atoms with Gasteiger partial charge in [0.05, 0.1) is 12.0 Å². The van der Waals surface area contributed by atoms with Gasteiger partial charge in [-0.3, -0.25) is 9.59 Å². The van der Waals surface area contributed by atoms with Crippen molar-refractivity contribution in [2.45, 2.75) is 25.8 Å². The minimum absolute atomic E-state index is 0.0195. The van der Waals surface area contributed by atoms with Gasteiger partial charge in [0.2, 0.25) is 5.91 Å². The summed E-state index contributed by atoms with van der Waals surface area (Å²) in [6.07, 6.45) is 3.28. The van der Waals surface area contributed by atoms with E-state index in [1.54, 1.807) is 4.90 Å². The molecule has 0 radical (unpaired) electrons. The van der Waals surface area contributed by atoms with Gasteiger partial charge >= 0.3 is 0 Å². The molecule has 1 aliphatic heterocycles. The van der Waals surface area contributed by atoms with E-state index in [1.807, 2.05) is 37.3 Å². The Kier molecular flexibility index (Phi) is 4.56. The Morgan fingerprint density at radius 3 is 2.86 bits per heavy atom. The molecule has 0 spiro atoms. The number of nitriles is 1. The van der Waals surface area contributed by atoms with Gasteiger partial charge in [0.1, 0.15) is 17.5 Å². The number of hydrogen-bond donors (Lipinski definition) is 2. The number of H-pyrrole nitrogens is 1. The quantitative estimate of drug-likeness (QED) is 0.708. The van der Waals surface area contributed by atoms with Crippen LogP contribution in [0.1, 0.15) is 23.6 Å². The third-order valence-electron chi connectivity index (χ3n) is 4.91. The number of carbonyl (C=O) groups is 1. The Labute approximate surface area is 166 Å². The second kappa shape index (κ2) is 7.20. The van der Waals surface area contributed by atoms with E-state index in [1.165, 1.54) is 18.5 Å². The molecule has 0 saturated carbocycles.